The lowest BCUT2D eigenvalue weighted by molar-refractivity contribution is -0.692. The number of quaternary nitrogens is 1. The molecule has 2 aromatic carbocycles. The molecular formula is C19H23ClFN2O+. The SMILES string of the molecule is CC(C)[C@H]([NH2+]CC(=O)NCc1cccc(Cl)c1)c1ccc(F)cc1. The monoisotopic (exact) mass is 349 g/mol. The summed E-state index contributed by atoms with van der Waals surface area (Å²) in [7, 11) is 0. The summed E-state index contributed by atoms with van der Waals surface area (Å²) in [6.45, 7) is 4.96. The van der Waals surface area contributed by atoms with E-state index in [4.69, 9.17) is 11.6 Å². The maximum atomic E-state index is 13.1. The maximum absolute atomic E-state index is 13.1. The lowest BCUT2D eigenvalue weighted by Gasteiger charge is -2.19. The smallest absolute Gasteiger partial charge is 0.275 e. The van der Waals surface area contributed by atoms with Crippen molar-refractivity contribution in [2.75, 3.05) is 6.54 Å². The third kappa shape index (κ3) is 5.62. The molecule has 3 nitrogen and oxygen atoms in total. The summed E-state index contributed by atoms with van der Waals surface area (Å²) >= 11 is 5.93. The van der Waals surface area contributed by atoms with Crippen molar-refractivity contribution in [3.05, 3.63) is 70.5 Å². The summed E-state index contributed by atoms with van der Waals surface area (Å²) in [5.41, 5.74) is 1.99. The Hall–Kier alpha value is -1.91. The van der Waals surface area contributed by atoms with Gasteiger partial charge in [-0.05, 0) is 29.8 Å². The molecule has 5 heteroatoms. The first-order valence-electron chi connectivity index (χ1n) is 8.05. The van der Waals surface area contributed by atoms with Gasteiger partial charge in [0.2, 0.25) is 0 Å². The lowest BCUT2D eigenvalue weighted by Crippen LogP contribution is -2.88. The van der Waals surface area contributed by atoms with Gasteiger partial charge in [-0.15, -0.1) is 0 Å². The summed E-state index contributed by atoms with van der Waals surface area (Å²) in [5, 5.41) is 5.54. The molecule has 0 unspecified atom stereocenters. The molecule has 1 atom stereocenters. The standard InChI is InChI=1S/C19H22ClFN2O/c1-13(2)19(15-6-8-17(21)9-7-15)23-12-18(24)22-11-14-4-3-5-16(20)10-14/h3-10,13,19,23H,11-12H2,1-2H3,(H,22,24)/p+1/t19-/m0/s1. The van der Waals surface area contributed by atoms with Gasteiger partial charge in [-0.1, -0.05) is 49.7 Å². The van der Waals surface area contributed by atoms with Crippen LogP contribution in [0.5, 0.6) is 0 Å². The van der Waals surface area contributed by atoms with Gasteiger partial charge in [-0.3, -0.25) is 4.79 Å². The number of carbonyl (C=O) groups excluding carboxylic acids is 1. The number of nitrogens with two attached hydrogens (primary N) is 1. The first kappa shape index (κ1) is 18.4. The van der Waals surface area contributed by atoms with Crippen LogP contribution in [0.15, 0.2) is 48.5 Å². The molecule has 0 spiro atoms. The van der Waals surface area contributed by atoms with Crippen LogP contribution in [0.25, 0.3) is 0 Å². The van der Waals surface area contributed by atoms with E-state index in [-0.39, 0.29) is 17.8 Å². The van der Waals surface area contributed by atoms with Crippen LogP contribution in [0.4, 0.5) is 4.39 Å². The maximum Gasteiger partial charge on any atom is 0.275 e. The highest BCUT2D eigenvalue weighted by molar-refractivity contribution is 6.30. The lowest BCUT2D eigenvalue weighted by atomic mass is 9.96. The molecule has 0 radical (unpaired) electrons. The first-order chi connectivity index (χ1) is 11.5. The normalized spacial score (nSPS) is 12.2. The zero-order valence-electron chi connectivity index (χ0n) is 13.9. The molecule has 0 aliphatic carbocycles. The number of rotatable bonds is 7. The molecule has 0 fully saturated rings. The van der Waals surface area contributed by atoms with E-state index < -0.39 is 0 Å². The molecule has 24 heavy (non-hydrogen) atoms. The quantitative estimate of drug-likeness (QED) is 0.793. The molecule has 0 aromatic heterocycles. The van der Waals surface area contributed by atoms with Crippen LogP contribution < -0.4 is 10.6 Å². The average Bonchev–Trinajstić information content (AvgIpc) is 2.54. The summed E-state index contributed by atoms with van der Waals surface area (Å²) < 4.78 is 13.1. The molecule has 2 rings (SSSR count). The summed E-state index contributed by atoms with van der Waals surface area (Å²) in [6.07, 6.45) is 0. The molecule has 2 aromatic rings. The molecule has 0 bridgehead atoms. The van der Waals surface area contributed by atoms with Crippen molar-refractivity contribution in [1.82, 2.24) is 5.32 Å². The number of benzene rings is 2. The van der Waals surface area contributed by atoms with E-state index in [1.54, 1.807) is 18.2 Å². The topological polar surface area (TPSA) is 45.7 Å². The van der Waals surface area contributed by atoms with Gasteiger partial charge in [0, 0.05) is 23.0 Å². The predicted octanol–water partition coefficient (Wildman–Crippen LogP) is 3.06. The number of carbonyl (C=O) groups is 1. The van der Waals surface area contributed by atoms with Crippen LogP contribution in [-0.2, 0) is 11.3 Å². The van der Waals surface area contributed by atoms with Gasteiger partial charge in [0.05, 0.1) is 0 Å². The number of nitrogens with one attached hydrogen (secondary N) is 1. The summed E-state index contributed by atoms with van der Waals surface area (Å²) in [4.78, 5) is 12.1. The van der Waals surface area contributed by atoms with Crippen LogP contribution >= 0.6 is 11.6 Å². The van der Waals surface area contributed by atoms with Gasteiger partial charge in [-0.25, -0.2) is 4.39 Å². The fourth-order valence-electron chi connectivity index (χ4n) is 2.63. The molecule has 0 aliphatic heterocycles. The van der Waals surface area contributed by atoms with Gasteiger partial charge in [0.1, 0.15) is 11.9 Å². The Balaban J connectivity index is 1.87. The van der Waals surface area contributed by atoms with Gasteiger partial charge in [0.15, 0.2) is 6.54 Å². The van der Waals surface area contributed by atoms with E-state index in [2.05, 4.69) is 19.2 Å². The molecule has 0 saturated carbocycles. The van der Waals surface area contributed by atoms with E-state index in [9.17, 15) is 9.18 Å². The molecular weight excluding hydrogens is 327 g/mol. The number of halogens is 2. The van der Waals surface area contributed by atoms with Crippen molar-refractivity contribution in [1.29, 1.82) is 0 Å². The van der Waals surface area contributed by atoms with Crippen molar-refractivity contribution < 1.29 is 14.5 Å². The average molecular weight is 350 g/mol. The van der Waals surface area contributed by atoms with Crippen molar-refractivity contribution in [2.45, 2.75) is 26.4 Å². The minimum Gasteiger partial charge on any atom is -0.347 e. The number of hydrogen-bond donors (Lipinski definition) is 2. The number of hydrogen-bond acceptors (Lipinski definition) is 1. The van der Waals surface area contributed by atoms with Crippen LogP contribution in [-0.4, -0.2) is 12.5 Å². The second-order valence-electron chi connectivity index (χ2n) is 6.17. The Morgan fingerprint density at radius 3 is 2.54 bits per heavy atom. The summed E-state index contributed by atoms with van der Waals surface area (Å²) in [6, 6.07) is 14.0. The fourth-order valence-corrected chi connectivity index (χ4v) is 2.84. The van der Waals surface area contributed by atoms with Crippen LogP contribution in [0.1, 0.15) is 31.0 Å². The van der Waals surface area contributed by atoms with Crippen LogP contribution in [0.2, 0.25) is 5.02 Å². The zero-order chi connectivity index (χ0) is 17.5. The Morgan fingerprint density at radius 1 is 1.21 bits per heavy atom. The van der Waals surface area contributed by atoms with Gasteiger partial charge < -0.3 is 10.6 Å². The van der Waals surface area contributed by atoms with E-state index in [0.29, 0.717) is 24.0 Å². The Labute approximate surface area is 147 Å². The van der Waals surface area contributed by atoms with Crippen molar-refractivity contribution in [3.8, 4) is 0 Å². The highest BCUT2D eigenvalue weighted by Gasteiger charge is 2.20. The van der Waals surface area contributed by atoms with E-state index >= 15 is 0 Å². The van der Waals surface area contributed by atoms with E-state index in [0.717, 1.165) is 11.1 Å². The molecule has 3 N–H and O–H groups in total. The molecule has 1 amide bonds. The molecule has 0 heterocycles. The van der Waals surface area contributed by atoms with E-state index in [1.165, 1.54) is 12.1 Å². The molecule has 0 aliphatic rings. The Morgan fingerprint density at radius 2 is 1.92 bits per heavy atom. The highest BCUT2D eigenvalue weighted by atomic mass is 35.5. The molecule has 0 saturated heterocycles. The van der Waals surface area contributed by atoms with Gasteiger partial charge in [-0.2, -0.15) is 0 Å². The van der Waals surface area contributed by atoms with Crippen molar-refractivity contribution in [3.63, 3.8) is 0 Å². The van der Waals surface area contributed by atoms with Crippen LogP contribution in [0.3, 0.4) is 0 Å². The highest BCUT2D eigenvalue weighted by Crippen LogP contribution is 2.17. The van der Waals surface area contributed by atoms with Crippen molar-refractivity contribution >= 4 is 17.5 Å². The fraction of sp³-hybridized carbons (Fsp3) is 0.316. The van der Waals surface area contributed by atoms with Crippen LogP contribution in [0, 0.1) is 11.7 Å². The minimum absolute atomic E-state index is 0.0391. The second-order valence-corrected chi connectivity index (χ2v) is 6.60. The van der Waals surface area contributed by atoms with E-state index in [1.807, 2.05) is 23.5 Å². The van der Waals surface area contributed by atoms with Crippen molar-refractivity contribution in [2.24, 2.45) is 5.92 Å². The first-order valence-corrected chi connectivity index (χ1v) is 8.43. The summed E-state index contributed by atoms with van der Waals surface area (Å²) in [5.74, 6) is 0.0412. The Bertz CT molecular complexity index is 673. The minimum atomic E-state index is -0.250. The third-order valence-electron chi connectivity index (χ3n) is 3.91. The molecule has 128 valence electrons. The number of amides is 1. The Kier molecular flexibility index (Phi) is 6.76. The predicted molar refractivity (Wildman–Crippen MR) is 94.1 cm³/mol. The third-order valence-corrected chi connectivity index (χ3v) is 4.14. The second kappa shape index (κ2) is 8.81. The zero-order valence-corrected chi connectivity index (χ0v) is 14.7. The largest absolute Gasteiger partial charge is 0.347 e. The van der Waals surface area contributed by atoms with Gasteiger partial charge >= 0.3 is 0 Å². The van der Waals surface area contributed by atoms with Gasteiger partial charge in [0.25, 0.3) is 5.91 Å².